The van der Waals surface area contributed by atoms with E-state index < -0.39 is 0 Å². The fraction of sp³-hybridized carbons (Fsp3) is 0.588. The van der Waals surface area contributed by atoms with E-state index in [2.05, 4.69) is 22.5 Å². The van der Waals surface area contributed by atoms with E-state index in [0.717, 1.165) is 62.3 Å². The number of halogens is 2. The lowest BCUT2D eigenvalue weighted by molar-refractivity contribution is 0.0420. The van der Waals surface area contributed by atoms with Crippen LogP contribution in [0.15, 0.2) is 29.3 Å². The van der Waals surface area contributed by atoms with Crippen molar-refractivity contribution in [2.75, 3.05) is 32.9 Å². The lowest BCUT2D eigenvalue weighted by atomic mass is 10.2. The molecule has 1 aromatic carbocycles. The first kappa shape index (κ1) is 21.5. The van der Waals surface area contributed by atoms with Gasteiger partial charge in [-0.3, -0.25) is 0 Å². The summed E-state index contributed by atoms with van der Waals surface area (Å²) in [5.74, 6) is 0.826. The maximum atomic E-state index is 5.89. The van der Waals surface area contributed by atoms with Crippen molar-refractivity contribution in [2.24, 2.45) is 4.99 Å². The summed E-state index contributed by atoms with van der Waals surface area (Å²) >= 11 is 5.89. The highest BCUT2D eigenvalue weighted by Crippen LogP contribution is 2.10. The maximum Gasteiger partial charge on any atom is 0.191 e. The highest BCUT2D eigenvalue weighted by molar-refractivity contribution is 14.0. The summed E-state index contributed by atoms with van der Waals surface area (Å²) in [5, 5.41) is 7.32. The molecular weight excluding hydrogens is 441 g/mol. The van der Waals surface area contributed by atoms with Crippen LogP contribution in [0, 0.1) is 0 Å². The van der Waals surface area contributed by atoms with Crippen molar-refractivity contribution in [3.05, 3.63) is 34.9 Å². The first-order chi connectivity index (χ1) is 11.3. The topological polar surface area (TPSA) is 54.9 Å². The predicted octanol–water partition coefficient (Wildman–Crippen LogP) is 3.21. The summed E-state index contributed by atoms with van der Waals surface area (Å²) < 4.78 is 11.0. The van der Waals surface area contributed by atoms with Crippen LogP contribution in [0.1, 0.15) is 25.3 Å². The van der Waals surface area contributed by atoms with Crippen molar-refractivity contribution in [1.29, 1.82) is 0 Å². The van der Waals surface area contributed by atoms with E-state index in [1.807, 2.05) is 24.3 Å². The van der Waals surface area contributed by atoms with Gasteiger partial charge in [-0.25, -0.2) is 4.99 Å². The van der Waals surface area contributed by atoms with Crippen LogP contribution < -0.4 is 10.6 Å². The minimum absolute atomic E-state index is 0. The Morgan fingerprint density at radius 1 is 1.33 bits per heavy atom. The van der Waals surface area contributed by atoms with Crippen molar-refractivity contribution >= 4 is 41.5 Å². The normalized spacial score (nSPS) is 17.4. The number of hydrogen-bond acceptors (Lipinski definition) is 3. The van der Waals surface area contributed by atoms with Crippen molar-refractivity contribution in [3.63, 3.8) is 0 Å². The summed E-state index contributed by atoms with van der Waals surface area (Å²) in [7, 11) is 0. The number of benzene rings is 1. The van der Waals surface area contributed by atoms with E-state index in [-0.39, 0.29) is 30.1 Å². The second-order valence-electron chi connectivity index (χ2n) is 5.46. The molecule has 1 saturated heterocycles. The number of nitrogens with one attached hydrogen (secondary N) is 2. The van der Waals surface area contributed by atoms with Crippen molar-refractivity contribution in [2.45, 2.75) is 32.4 Å². The van der Waals surface area contributed by atoms with Crippen LogP contribution in [0.5, 0.6) is 0 Å². The molecular formula is C17H27ClIN3O2. The van der Waals surface area contributed by atoms with E-state index in [9.17, 15) is 0 Å². The predicted molar refractivity (Wildman–Crippen MR) is 109 cm³/mol. The molecule has 136 valence electrons. The van der Waals surface area contributed by atoms with Gasteiger partial charge in [-0.1, -0.05) is 23.7 Å². The van der Waals surface area contributed by atoms with Crippen molar-refractivity contribution < 1.29 is 9.47 Å². The number of rotatable bonds is 8. The van der Waals surface area contributed by atoms with E-state index in [1.54, 1.807) is 0 Å². The average Bonchev–Trinajstić information content (AvgIpc) is 3.07. The molecule has 1 atom stereocenters. The lowest BCUT2D eigenvalue weighted by Crippen LogP contribution is -2.38. The Morgan fingerprint density at radius 3 is 2.79 bits per heavy atom. The highest BCUT2D eigenvalue weighted by Gasteiger charge is 2.15. The first-order valence-corrected chi connectivity index (χ1v) is 8.61. The van der Waals surface area contributed by atoms with Crippen LogP contribution >= 0.6 is 35.6 Å². The lowest BCUT2D eigenvalue weighted by Gasteiger charge is -2.13. The Kier molecular flexibility index (Phi) is 11.4. The van der Waals surface area contributed by atoms with E-state index in [0.29, 0.717) is 6.54 Å². The Balaban J connectivity index is 0.00000288. The molecule has 0 amide bonds. The molecule has 0 radical (unpaired) electrons. The molecule has 0 aromatic heterocycles. The summed E-state index contributed by atoms with van der Waals surface area (Å²) in [5.41, 5.74) is 1.14. The number of ether oxygens (including phenoxy) is 2. The Hall–Kier alpha value is -0.570. The van der Waals surface area contributed by atoms with E-state index in [4.69, 9.17) is 21.1 Å². The average molecular weight is 468 g/mol. The largest absolute Gasteiger partial charge is 0.379 e. The van der Waals surface area contributed by atoms with Crippen LogP contribution in [-0.2, 0) is 16.0 Å². The Bertz CT molecular complexity index is 479. The number of hydrogen-bond donors (Lipinski definition) is 2. The van der Waals surface area contributed by atoms with Gasteiger partial charge in [0.05, 0.1) is 19.3 Å². The van der Waals surface area contributed by atoms with Crippen molar-refractivity contribution in [3.8, 4) is 0 Å². The molecule has 0 spiro atoms. The summed E-state index contributed by atoms with van der Waals surface area (Å²) in [6.45, 7) is 6.66. The monoisotopic (exact) mass is 467 g/mol. The molecule has 7 heteroatoms. The van der Waals surface area contributed by atoms with Crippen LogP contribution in [0.2, 0.25) is 5.02 Å². The fourth-order valence-electron chi connectivity index (χ4n) is 2.28. The smallest absolute Gasteiger partial charge is 0.191 e. The van der Waals surface area contributed by atoms with Gasteiger partial charge in [-0.15, -0.1) is 24.0 Å². The quantitative estimate of drug-likeness (QED) is 0.267. The summed E-state index contributed by atoms with van der Waals surface area (Å²) in [6.07, 6.45) is 2.24. The summed E-state index contributed by atoms with van der Waals surface area (Å²) in [4.78, 5) is 4.58. The van der Waals surface area contributed by atoms with Crippen LogP contribution in [0.3, 0.4) is 0 Å². The molecule has 1 aliphatic heterocycles. The van der Waals surface area contributed by atoms with Crippen LogP contribution in [-0.4, -0.2) is 45.0 Å². The van der Waals surface area contributed by atoms with Gasteiger partial charge in [0.25, 0.3) is 0 Å². The summed E-state index contributed by atoms with van der Waals surface area (Å²) in [6, 6.07) is 7.76. The molecule has 1 aromatic rings. The van der Waals surface area contributed by atoms with Crippen molar-refractivity contribution in [1.82, 2.24) is 10.6 Å². The standard InChI is InChI=1S/C17H26ClN3O2.HI/c1-2-19-17(21-12-14-4-6-15(18)7-5-14)20-9-3-10-23-16-8-11-22-13-16;/h4-7,16H,2-3,8-13H2,1H3,(H2,19,20,21);1H. The second kappa shape index (κ2) is 12.7. The molecule has 0 saturated carbocycles. The van der Waals surface area contributed by atoms with Gasteiger partial charge in [0.2, 0.25) is 0 Å². The van der Waals surface area contributed by atoms with Gasteiger partial charge in [-0.05, 0) is 37.5 Å². The molecule has 1 heterocycles. The third-order valence-corrected chi connectivity index (χ3v) is 3.78. The van der Waals surface area contributed by atoms with Gasteiger partial charge < -0.3 is 20.1 Å². The minimum Gasteiger partial charge on any atom is -0.379 e. The molecule has 5 nitrogen and oxygen atoms in total. The molecule has 1 fully saturated rings. The third kappa shape index (κ3) is 8.50. The van der Waals surface area contributed by atoms with Gasteiger partial charge in [0.1, 0.15) is 0 Å². The van der Waals surface area contributed by atoms with Gasteiger partial charge in [0, 0.05) is 31.3 Å². The SMILES string of the molecule is CCNC(=NCc1ccc(Cl)cc1)NCCCOC1CCOC1.I. The first-order valence-electron chi connectivity index (χ1n) is 8.24. The molecule has 24 heavy (non-hydrogen) atoms. The molecule has 0 bridgehead atoms. The van der Waals surface area contributed by atoms with Gasteiger partial charge >= 0.3 is 0 Å². The van der Waals surface area contributed by atoms with Gasteiger partial charge in [-0.2, -0.15) is 0 Å². The Labute approximate surface area is 166 Å². The zero-order chi connectivity index (χ0) is 16.3. The maximum absolute atomic E-state index is 5.89. The molecule has 0 aliphatic carbocycles. The second-order valence-corrected chi connectivity index (χ2v) is 5.89. The van der Waals surface area contributed by atoms with Gasteiger partial charge in [0.15, 0.2) is 5.96 Å². The van der Waals surface area contributed by atoms with E-state index >= 15 is 0 Å². The number of nitrogens with zero attached hydrogens (tertiary/aromatic N) is 1. The number of guanidine groups is 1. The molecule has 2 rings (SSSR count). The van der Waals surface area contributed by atoms with Crippen LogP contribution in [0.25, 0.3) is 0 Å². The molecule has 1 aliphatic rings. The highest BCUT2D eigenvalue weighted by atomic mass is 127. The zero-order valence-electron chi connectivity index (χ0n) is 14.1. The molecule has 2 N–H and O–H groups in total. The minimum atomic E-state index is 0. The van der Waals surface area contributed by atoms with Crippen LogP contribution in [0.4, 0.5) is 0 Å². The number of aliphatic imine (C=N–C) groups is 1. The Morgan fingerprint density at radius 2 is 2.12 bits per heavy atom. The third-order valence-electron chi connectivity index (χ3n) is 3.53. The zero-order valence-corrected chi connectivity index (χ0v) is 17.2. The van der Waals surface area contributed by atoms with E-state index in [1.165, 1.54) is 0 Å². The molecule has 1 unspecified atom stereocenters. The fourth-order valence-corrected chi connectivity index (χ4v) is 2.40.